The first kappa shape index (κ1) is 19.8. The lowest BCUT2D eigenvalue weighted by atomic mass is 10.1. The van der Waals surface area contributed by atoms with Crippen molar-refractivity contribution in [3.8, 4) is 0 Å². The number of aryl methyl sites for hydroxylation is 1. The van der Waals surface area contributed by atoms with Gasteiger partial charge in [-0.15, -0.1) is 0 Å². The summed E-state index contributed by atoms with van der Waals surface area (Å²) in [5.41, 5.74) is 2.24. The number of anilines is 2. The summed E-state index contributed by atoms with van der Waals surface area (Å²) >= 11 is 0. The first-order valence-corrected chi connectivity index (χ1v) is 9.08. The third kappa shape index (κ3) is 5.52. The minimum absolute atomic E-state index is 0.0223. The number of carboxylic acid groups (broad SMARTS) is 1. The van der Waals surface area contributed by atoms with Gasteiger partial charge in [-0.05, 0) is 41.8 Å². The SMILES string of the molecule is O=C(CCc1ccccc1)Nc1ccccc1C(=O)Nc1ccc(C(=O)[O-])cc1. The number of hydrogen-bond acceptors (Lipinski definition) is 4. The van der Waals surface area contributed by atoms with Crippen LogP contribution >= 0.6 is 0 Å². The molecular weight excluding hydrogens is 368 g/mol. The standard InChI is InChI=1S/C23H20N2O4/c26-21(15-10-16-6-2-1-3-7-16)25-20-9-5-4-8-19(20)22(27)24-18-13-11-17(12-14-18)23(28)29/h1-9,11-14H,10,15H2,(H,24,27)(H,25,26)(H,28,29)/p-1. The molecule has 6 nitrogen and oxygen atoms in total. The van der Waals surface area contributed by atoms with Crippen LogP contribution in [0.1, 0.15) is 32.7 Å². The number of para-hydroxylation sites is 1. The van der Waals surface area contributed by atoms with Crippen LogP contribution in [0, 0.1) is 0 Å². The van der Waals surface area contributed by atoms with Gasteiger partial charge in [0.15, 0.2) is 0 Å². The molecule has 146 valence electrons. The largest absolute Gasteiger partial charge is 0.545 e. The number of carbonyl (C=O) groups is 3. The molecule has 0 radical (unpaired) electrons. The molecule has 0 aliphatic rings. The van der Waals surface area contributed by atoms with E-state index in [4.69, 9.17) is 0 Å². The monoisotopic (exact) mass is 387 g/mol. The first-order valence-electron chi connectivity index (χ1n) is 9.08. The second kappa shape index (κ2) is 9.32. The zero-order valence-corrected chi connectivity index (χ0v) is 15.6. The summed E-state index contributed by atoms with van der Waals surface area (Å²) in [6.07, 6.45) is 0.899. The molecule has 2 N–H and O–H groups in total. The molecule has 0 saturated carbocycles. The predicted molar refractivity (Wildman–Crippen MR) is 109 cm³/mol. The third-order valence-electron chi connectivity index (χ3n) is 4.31. The Bertz CT molecular complexity index is 1010. The second-order valence-corrected chi connectivity index (χ2v) is 6.40. The van der Waals surface area contributed by atoms with Crippen molar-refractivity contribution < 1.29 is 19.5 Å². The summed E-state index contributed by atoms with van der Waals surface area (Å²) in [4.78, 5) is 35.7. The van der Waals surface area contributed by atoms with Crippen LogP contribution in [0.25, 0.3) is 0 Å². The van der Waals surface area contributed by atoms with Crippen LogP contribution in [0.4, 0.5) is 11.4 Å². The lowest BCUT2D eigenvalue weighted by Crippen LogP contribution is -2.22. The average molecular weight is 387 g/mol. The van der Waals surface area contributed by atoms with Gasteiger partial charge in [0, 0.05) is 12.1 Å². The Morgan fingerprint density at radius 3 is 2.10 bits per heavy atom. The molecule has 0 aliphatic heterocycles. The van der Waals surface area contributed by atoms with Gasteiger partial charge in [0.2, 0.25) is 5.91 Å². The summed E-state index contributed by atoms with van der Waals surface area (Å²) in [6.45, 7) is 0. The molecule has 29 heavy (non-hydrogen) atoms. The Labute approximate surface area is 168 Å². The minimum atomic E-state index is -1.29. The van der Waals surface area contributed by atoms with Gasteiger partial charge < -0.3 is 20.5 Å². The summed E-state index contributed by atoms with van der Waals surface area (Å²) in [5, 5.41) is 16.3. The highest BCUT2D eigenvalue weighted by Crippen LogP contribution is 2.18. The zero-order valence-electron chi connectivity index (χ0n) is 15.6. The van der Waals surface area contributed by atoms with Gasteiger partial charge in [-0.3, -0.25) is 9.59 Å². The predicted octanol–water partition coefficient (Wildman–Crippen LogP) is 2.87. The highest BCUT2D eigenvalue weighted by Gasteiger charge is 2.13. The fourth-order valence-electron chi connectivity index (χ4n) is 2.79. The maximum absolute atomic E-state index is 12.6. The van der Waals surface area contributed by atoms with E-state index in [9.17, 15) is 19.5 Å². The highest BCUT2D eigenvalue weighted by molar-refractivity contribution is 6.10. The Hall–Kier alpha value is -3.93. The molecule has 3 rings (SSSR count). The quantitative estimate of drug-likeness (QED) is 0.651. The van der Waals surface area contributed by atoms with Crippen LogP contribution in [0.15, 0.2) is 78.9 Å². The third-order valence-corrected chi connectivity index (χ3v) is 4.31. The zero-order chi connectivity index (χ0) is 20.6. The van der Waals surface area contributed by atoms with E-state index in [2.05, 4.69) is 10.6 Å². The number of hydrogen-bond donors (Lipinski definition) is 2. The van der Waals surface area contributed by atoms with Gasteiger partial charge in [0.05, 0.1) is 17.2 Å². The number of carbonyl (C=O) groups excluding carboxylic acids is 3. The molecule has 3 aromatic carbocycles. The van der Waals surface area contributed by atoms with E-state index in [1.807, 2.05) is 30.3 Å². The molecule has 2 amide bonds. The smallest absolute Gasteiger partial charge is 0.257 e. The number of rotatable bonds is 7. The number of amides is 2. The molecule has 0 atom stereocenters. The fraction of sp³-hybridized carbons (Fsp3) is 0.0870. The normalized spacial score (nSPS) is 10.2. The Morgan fingerprint density at radius 2 is 1.41 bits per heavy atom. The van der Waals surface area contributed by atoms with Crippen LogP contribution in [0.5, 0.6) is 0 Å². The maximum atomic E-state index is 12.6. The molecule has 3 aromatic rings. The molecule has 0 fully saturated rings. The summed E-state index contributed by atoms with van der Waals surface area (Å²) in [7, 11) is 0. The molecule has 0 spiro atoms. The van der Waals surface area contributed by atoms with Gasteiger partial charge in [-0.1, -0.05) is 54.6 Å². The topological polar surface area (TPSA) is 98.3 Å². The van der Waals surface area contributed by atoms with Gasteiger partial charge in [0.1, 0.15) is 0 Å². The molecule has 0 aliphatic carbocycles. The van der Waals surface area contributed by atoms with E-state index in [0.717, 1.165) is 5.56 Å². The van der Waals surface area contributed by atoms with Crippen LogP contribution in [-0.2, 0) is 11.2 Å². The van der Waals surface area contributed by atoms with E-state index in [1.54, 1.807) is 24.3 Å². The summed E-state index contributed by atoms with van der Waals surface area (Å²) < 4.78 is 0. The average Bonchev–Trinajstić information content (AvgIpc) is 2.74. The van der Waals surface area contributed by atoms with Crippen molar-refractivity contribution in [3.05, 3.63) is 95.6 Å². The minimum Gasteiger partial charge on any atom is -0.545 e. The van der Waals surface area contributed by atoms with Crippen LogP contribution < -0.4 is 15.7 Å². The Kier molecular flexibility index (Phi) is 6.37. The van der Waals surface area contributed by atoms with E-state index in [-0.39, 0.29) is 11.5 Å². The lowest BCUT2D eigenvalue weighted by molar-refractivity contribution is -0.255. The summed E-state index contributed by atoms with van der Waals surface area (Å²) in [6, 6.07) is 22.0. The van der Waals surface area contributed by atoms with Crippen molar-refractivity contribution in [2.75, 3.05) is 10.6 Å². The Balaban J connectivity index is 1.65. The van der Waals surface area contributed by atoms with Crippen LogP contribution in [0.2, 0.25) is 0 Å². The molecule has 6 heteroatoms. The van der Waals surface area contributed by atoms with Crippen molar-refractivity contribution in [3.63, 3.8) is 0 Å². The van der Waals surface area contributed by atoms with Crippen molar-refractivity contribution in [1.82, 2.24) is 0 Å². The first-order chi connectivity index (χ1) is 14.0. The highest BCUT2D eigenvalue weighted by atomic mass is 16.4. The van der Waals surface area contributed by atoms with Crippen molar-refractivity contribution in [1.29, 1.82) is 0 Å². The van der Waals surface area contributed by atoms with Gasteiger partial charge in [0.25, 0.3) is 5.91 Å². The fourth-order valence-corrected chi connectivity index (χ4v) is 2.79. The van der Waals surface area contributed by atoms with Gasteiger partial charge in [-0.2, -0.15) is 0 Å². The number of aromatic carboxylic acids is 1. The van der Waals surface area contributed by atoms with Crippen molar-refractivity contribution in [2.45, 2.75) is 12.8 Å². The molecule has 0 aromatic heterocycles. The van der Waals surface area contributed by atoms with Crippen LogP contribution in [-0.4, -0.2) is 17.8 Å². The summed E-state index contributed by atoms with van der Waals surface area (Å²) in [5.74, 6) is -1.89. The lowest BCUT2D eigenvalue weighted by Gasteiger charge is -2.12. The van der Waals surface area contributed by atoms with Crippen molar-refractivity contribution >= 4 is 29.2 Å². The second-order valence-electron chi connectivity index (χ2n) is 6.40. The van der Waals surface area contributed by atoms with E-state index < -0.39 is 11.9 Å². The Morgan fingerprint density at radius 1 is 0.759 bits per heavy atom. The van der Waals surface area contributed by atoms with E-state index in [1.165, 1.54) is 24.3 Å². The number of nitrogens with one attached hydrogen (secondary N) is 2. The van der Waals surface area contributed by atoms with Gasteiger partial charge in [-0.25, -0.2) is 0 Å². The van der Waals surface area contributed by atoms with Gasteiger partial charge >= 0.3 is 0 Å². The molecule has 0 heterocycles. The van der Waals surface area contributed by atoms with Crippen molar-refractivity contribution in [2.24, 2.45) is 0 Å². The van der Waals surface area contributed by atoms with E-state index >= 15 is 0 Å². The number of benzene rings is 3. The molecule has 0 saturated heterocycles. The maximum Gasteiger partial charge on any atom is 0.257 e. The molecular formula is C23H19N2O4-. The van der Waals surface area contributed by atoms with E-state index in [0.29, 0.717) is 29.8 Å². The number of carboxylic acids is 1. The van der Waals surface area contributed by atoms with Crippen LogP contribution in [0.3, 0.4) is 0 Å². The molecule has 0 bridgehead atoms. The molecule has 0 unspecified atom stereocenters.